The van der Waals surface area contributed by atoms with Crippen LogP contribution in [0.15, 0.2) is 36.4 Å². The normalized spacial score (nSPS) is 10.4. The summed E-state index contributed by atoms with van der Waals surface area (Å²) in [5.41, 5.74) is 8.37. The zero-order valence-corrected chi connectivity index (χ0v) is 11.8. The highest BCUT2D eigenvalue weighted by Crippen LogP contribution is 2.23. The number of halogens is 1. The number of hydrogen-bond acceptors (Lipinski definition) is 2. The smallest absolute Gasteiger partial charge is 0.258 e. The van der Waals surface area contributed by atoms with E-state index >= 15 is 0 Å². The Balaban J connectivity index is 2.39. The molecule has 3 nitrogen and oxygen atoms in total. The largest absolute Gasteiger partial charge is 0.398 e. The maximum Gasteiger partial charge on any atom is 0.258 e. The number of nitrogens with two attached hydrogens (primary N) is 1. The number of para-hydroxylation sites is 1. The summed E-state index contributed by atoms with van der Waals surface area (Å²) in [7, 11) is 1.67. The highest BCUT2D eigenvalue weighted by molar-refractivity contribution is 6.06. The summed E-state index contributed by atoms with van der Waals surface area (Å²) < 4.78 is 13.7. The van der Waals surface area contributed by atoms with Gasteiger partial charge in [-0.25, -0.2) is 4.39 Å². The lowest BCUT2D eigenvalue weighted by molar-refractivity contribution is 0.0992. The summed E-state index contributed by atoms with van der Waals surface area (Å²) in [6.07, 6.45) is 0. The molecule has 0 aliphatic heterocycles. The van der Waals surface area contributed by atoms with E-state index in [1.807, 2.05) is 31.2 Å². The molecular formula is C16H17FN2O. The third kappa shape index (κ3) is 2.50. The molecule has 0 fully saturated rings. The van der Waals surface area contributed by atoms with Gasteiger partial charge in [0, 0.05) is 29.5 Å². The predicted molar refractivity (Wildman–Crippen MR) is 79.5 cm³/mol. The molecule has 0 radical (unpaired) electrons. The highest BCUT2D eigenvalue weighted by Gasteiger charge is 2.17. The quantitative estimate of drug-likeness (QED) is 0.853. The molecule has 0 unspecified atom stereocenters. The number of carbonyl (C=O) groups excluding carboxylic acids is 1. The number of rotatable bonds is 2. The number of amides is 1. The Bertz CT molecular complexity index is 644. The number of aryl methyl sites for hydroxylation is 1. The molecule has 2 rings (SSSR count). The molecule has 0 saturated heterocycles. The second kappa shape index (κ2) is 5.33. The molecule has 2 N–H and O–H groups in total. The average Bonchev–Trinajstić information content (AvgIpc) is 2.43. The van der Waals surface area contributed by atoms with E-state index in [1.165, 1.54) is 17.0 Å². The van der Waals surface area contributed by atoms with Gasteiger partial charge in [-0.05, 0) is 37.6 Å². The summed E-state index contributed by atoms with van der Waals surface area (Å²) >= 11 is 0. The van der Waals surface area contributed by atoms with Crippen LogP contribution < -0.4 is 10.6 Å². The van der Waals surface area contributed by atoms with E-state index in [0.717, 1.165) is 11.3 Å². The summed E-state index contributed by atoms with van der Waals surface area (Å²) in [5.74, 6) is -0.753. The van der Waals surface area contributed by atoms with E-state index in [9.17, 15) is 9.18 Å². The van der Waals surface area contributed by atoms with Gasteiger partial charge in [0.25, 0.3) is 5.91 Å². The first-order valence-electron chi connectivity index (χ1n) is 6.31. The first-order chi connectivity index (χ1) is 9.41. The van der Waals surface area contributed by atoms with E-state index in [1.54, 1.807) is 14.0 Å². The van der Waals surface area contributed by atoms with Crippen LogP contribution in [0.1, 0.15) is 21.5 Å². The van der Waals surface area contributed by atoms with E-state index in [2.05, 4.69) is 0 Å². The summed E-state index contributed by atoms with van der Waals surface area (Å²) in [6, 6.07) is 10.3. The number of benzene rings is 2. The summed E-state index contributed by atoms with van der Waals surface area (Å²) in [5, 5.41) is 0. The second-order valence-electron chi connectivity index (χ2n) is 4.82. The van der Waals surface area contributed by atoms with Crippen LogP contribution in [0.25, 0.3) is 0 Å². The van der Waals surface area contributed by atoms with Gasteiger partial charge in [0.1, 0.15) is 5.82 Å². The van der Waals surface area contributed by atoms with Gasteiger partial charge in [0.15, 0.2) is 0 Å². The maximum atomic E-state index is 13.7. The molecule has 2 aromatic rings. The van der Waals surface area contributed by atoms with Crippen molar-refractivity contribution < 1.29 is 9.18 Å². The molecule has 0 aliphatic carbocycles. The van der Waals surface area contributed by atoms with Crippen molar-refractivity contribution in [3.05, 3.63) is 58.9 Å². The lowest BCUT2D eigenvalue weighted by atomic mass is 10.1. The fraction of sp³-hybridized carbons (Fsp3) is 0.188. The van der Waals surface area contributed by atoms with Crippen LogP contribution in [0.4, 0.5) is 15.8 Å². The number of anilines is 2. The molecule has 2 aromatic carbocycles. The van der Waals surface area contributed by atoms with Crippen LogP contribution in [0, 0.1) is 19.7 Å². The van der Waals surface area contributed by atoms with Crippen molar-refractivity contribution in [3.8, 4) is 0 Å². The molecule has 0 aliphatic rings. The minimum Gasteiger partial charge on any atom is -0.398 e. The molecule has 4 heteroatoms. The Labute approximate surface area is 117 Å². The van der Waals surface area contributed by atoms with Gasteiger partial charge >= 0.3 is 0 Å². The van der Waals surface area contributed by atoms with Crippen molar-refractivity contribution in [2.45, 2.75) is 13.8 Å². The Kier molecular flexibility index (Phi) is 3.74. The fourth-order valence-corrected chi connectivity index (χ4v) is 2.07. The second-order valence-corrected chi connectivity index (χ2v) is 4.82. The topological polar surface area (TPSA) is 46.3 Å². The summed E-state index contributed by atoms with van der Waals surface area (Å²) in [6.45, 7) is 3.51. The first-order valence-corrected chi connectivity index (χ1v) is 6.31. The maximum absolute atomic E-state index is 13.7. The van der Waals surface area contributed by atoms with Gasteiger partial charge in [-0.2, -0.15) is 0 Å². The van der Waals surface area contributed by atoms with Gasteiger partial charge in [0.2, 0.25) is 0 Å². The standard InChI is InChI=1S/C16H17FN2O/c1-10-6-4-5-7-15(10)19(3)16(20)12-8-13(17)11(2)14(18)9-12/h4-9H,18H2,1-3H3. The monoisotopic (exact) mass is 272 g/mol. The molecule has 1 amide bonds. The number of nitrogens with zero attached hydrogens (tertiary/aromatic N) is 1. The molecule has 0 aromatic heterocycles. The molecule has 0 saturated carbocycles. The van der Waals surface area contributed by atoms with Crippen molar-refractivity contribution in [2.75, 3.05) is 17.7 Å². The van der Waals surface area contributed by atoms with E-state index in [0.29, 0.717) is 5.56 Å². The van der Waals surface area contributed by atoms with Crippen LogP contribution in [-0.2, 0) is 0 Å². The molecule has 0 spiro atoms. The van der Waals surface area contributed by atoms with Gasteiger partial charge in [-0.15, -0.1) is 0 Å². The van der Waals surface area contributed by atoms with Crippen LogP contribution in [0.5, 0.6) is 0 Å². The number of nitrogen functional groups attached to an aromatic ring is 1. The van der Waals surface area contributed by atoms with Crippen molar-refractivity contribution in [2.24, 2.45) is 0 Å². The van der Waals surface area contributed by atoms with E-state index in [4.69, 9.17) is 5.73 Å². The lowest BCUT2D eigenvalue weighted by Crippen LogP contribution is -2.27. The zero-order valence-electron chi connectivity index (χ0n) is 11.8. The fourth-order valence-electron chi connectivity index (χ4n) is 2.07. The Morgan fingerprint density at radius 1 is 1.20 bits per heavy atom. The van der Waals surface area contributed by atoms with E-state index in [-0.39, 0.29) is 17.2 Å². The highest BCUT2D eigenvalue weighted by atomic mass is 19.1. The third-order valence-corrected chi connectivity index (χ3v) is 3.41. The van der Waals surface area contributed by atoms with Crippen LogP contribution >= 0.6 is 0 Å². The number of hydrogen-bond donors (Lipinski definition) is 1. The summed E-state index contributed by atoms with van der Waals surface area (Å²) in [4.78, 5) is 13.9. The van der Waals surface area contributed by atoms with Crippen LogP contribution in [0.2, 0.25) is 0 Å². The minimum absolute atomic E-state index is 0.247. The third-order valence-electron chi connectivity index (χ3n) is 3.41. The van der Waals surface area contributed by atoms with E-state index < -0.39 is 5.82 Å². The van der Waals surface area contributed by atoms with Gasteiger partial charge in [0.05, 0.1) is 0 Å². The minimum atomic E-state index is -0.466. The van der Waals surface area contributed by atoms with Crippen LogP contribution in [-0.4, -0.2) is 13.0 Å². The zero-order chi connectivity index (χ0) is 14.9. The lowest BCUT2D eigenvalue weighted by Gasteiger charge is -2.20. The Hall–Kier alpha value is -2.36. The predicted octanol–water partition coefficient (Wildman–Crippen LogP) is 3.30. The first kappa shape index (κ1) is 14.1. The van der Waals surface area contributed by atoms with Gasteiger partial charge in [-0.3, -0.25) is 4.79 Å². The van der Waals surface area contributed by atoms with Crippen molar-refractivity contribution in [1.82, 2.24) is 0 Å². The molecule has 0 atom stereocenters. The molecule has 0 heterocycles. The molecule has 20 heavy (non-hydrogen) atoms. The number of carbonyl (C=O) groups is 1. The Morgan fingerprint density at radius 2 is 1.85 bits per heavy atom. The molecular weight excluding hydrogens is 255 g/mol. The van der Waals surface area contributed by atoms with Crippen molar-refractivity contribution in [3.63, 3.8) is 0 Å². The average molecular weight is 272 g/mol. The molecule has 0 bridgehead atoms. The molecule has 104 valence electrons. The van der Waals surface area contributed by atoms with Crippen molar-refractivity contribution >= 4 is 17.3 Å². The van der Waals surface area contributed by atoms with Gasteiger partial charge in [-0.1, -0.05) is 18.2 Å². The van der Waals surface area contributed by atoms with Gasteiger partial charge < -0.3 is 10.6 Å². The van der Waals surface area contributed by atoms with Crippen molar-refractivity contribution in [1.29, 1.82) is 0 Å². The Morgan fingerprint density at radius 3 is 2.45 bits per heavy atom. The van der Waals surface area contributed by atoms with Crippen LogP contribution in [0.3, 0.4) is 0 Å². The SMILES string of the molecule is Cc1ccccc1N(C)C(=O)c1cc(N)c(C)c(F)c1.